The van der Waals surface area contributed by atoms with Crippen molar-refractivity contribution >= 4 is 5.97 Å². The van der Waals surface area contributed by atoms with Crippen molar-refractivity contribution in [3.8, 4) is 0 Å². The Labute approximate surface area is 112 Å². The Morgan fingerprint density at radius 3 is 2.79 bits per heavy atom. The highest BCUT2D eigenvalue weighted by Crippen LogP contribution is 2.59. The fraction of sp³-hybridized carbons (Fsp3) is 0.667. The summed E-state index contributed by atoms with van der Waals surface area (Å²) in [7, 11) is 0. The molecule has 0 N–H and O–H groups in total. The van der Waals surface area contributed by atoms with Crippen LogP contribution in [0.1, 0.15) is 27.2 Å². The van der Waals surface area contributed by atoms with Gasteiger partial charge in [-0.05, 0) is 31.9 Å². The van der Waals surface area contributed by atoms with Gasteiger partial charge >= 0.3 is 5.97 Å². The molecular formula is C15H18O4. The van der Waals surface area contributed by atoms with E-state index < -0.39 is 11.2 Å². The minimum Gasteiger partial charge on any atom is -0.461 e. The number of allylic oxidation sites excluding steroid dienone is 1. The van der Waals surface area contributed by atoms with Crippen LogP contribution >= 0.6 is 0 Å². The minimum absolute atomic E-state index is 0.0256. The average molecular weight is 262 g/mol. The van der Waals surface area contributed by atoms with Crippen LogP contribution in [0.5, 0.6) is 0 Å². The van der Waals surface area contributed by atoms with Gasteiger partial charge in [0, 0.05) is 5.92 Å². The summed E-state index contributed by atoms with van der Waals surface area (Å²) < 4.78 is 5.69. The van der Waals surface area contributed by atoms with Crippen LogP contribution in [-0.4, -0.2) is 23.3 Å². The van der Waals surface area contributed by atoms with Crippen LogP contribution in [0.4, 0.5) is 0 Å². The van der Waals surface area contributed by atoms with Gasteiger partial charge in [0.1, 0.15) is 11.7 Å². The van der Waals surface area contributed by atoms with Crippen molar-refractivity contribution in [2.24, 2.45) is 17.8 Å². The van der Waals surface area contributed by atoms with Gasteiger partial charge in [-0.2, -0.15) is 0 Å². The van der Waals surface area contributed by atoms with Crippen molar-refractivity contribution in [3.63, 3.8) is 0 Å². The Morgan fingerprint density at radius 2 is 2.11 bits per heavy atom. The molecule has 0 aromatic rings. The van der Waals surface area contributed by atoms with E-state index in [2.05, 4.69) is 25.2 Å². The van der Waals surface area contributed by atoms with Gasteiger partial charge in [-0.1, -0.05) is 19.1 Å². The molecule has 2 heterocycles. The molecule has 4 rings (SSSR count). The summed E-state index contributed by atoms with van der Waals surface area (Å²) in [5.74, 6) is 0.109. The first kappa shape index (κ1) is 11.7. The Kier molecular flexibility index (Phi) is 2.03. The van der Waals surface area contributed by atoms with E-state index in [0.29, 0.717) is 0 Å². The van der Waals surface area contributed by atoms with Gasteiger partial charge in [-0.3, -0.25) is 4.79 Å². The number of hydrogen-bond acceptors (Lipinski definition) is 4. The molecule has 2 fully saturated rings. The van der Waals surface area contributed by atoms with Crippen molar-refractivity contribution in [3.05, 3.63) is 23.8 Å². The third-order valence-corrected chi connectivity index (χ3v) is 5.43. The maximum atomic E-state index is 11.9. The lowest BCUT2D eigenvalue weighted by Crippen LogP contribution is -2.46. The smallest absolute Gasteiger partial charge is 0.309 e. The second-order valence-corrected chi connectivity index (χ2v) is 6.43. The van der Waals surface area contributed by atoms with E-state index in [4.69, 9.17) is 14.5 Å². The minimum atomic E-state index is -0.543. The number of esters is 1. The molecule has 6 atom stereocenters. The largest absolute Gasteiger partial charge is 0.461 e. The normalized spacial score (nSPS) is 54.5. The number of fused-ring (bicyclic) bond motifs is 1. The summed E-state index contributed by atoms with van der Waals surface area (Å²) in [4.78, 5) is 23.1. The van der Waals surface area contributed by atoms with E-state index in [1.807, 2.05) is 13.8 Å². The van der Waals surface area contributed by atoms with Gasteiger partial charge in [0.25, 0.3) is 0 Å². The summed E-state index contributed by atoms with van der Waals surface area (Å²) in [5.41, 5.74) is 0.123. The van der Waals surface area contributed by atoms with Crippen LogP contribution in [0.15, 0.2) is 23.8 Å². The average Bonchev–Trinajstić information content (AvgIpc) is 2.91. The Bertz CT molecular complexity index is 522. The molecular weight excluding hydrogens is 244 g/mol. The monoisotopic (exact) mass is 262 g/mol. The molecule has 19 heavy (non-hydrogen) atoms. The van der Waals surface area contributed by atoms with E-state index in [0.717, 1.165) is 12.0 Å². The van der Waals surface area contributed by atoms with Crippen LogP contribution in [0, 0.1) is 17.8 Å². The lowest BCUT2D eigenvalue weighted by atomic mass is 9.73. The molecule has 4 nitrogen and oxygen atoms in total. The molecule has 2 bridgehead atoms. The summed E-state index contributed by atoms with van der Waals surface area (Å²) in [5, 5.41) is 0. The Hall–Kier alpha value is -1.13. The van der Waals surface area contributed by atoms with Crippen molar-refractivity contribution in [2.45, 2.75) is 44.5 Å². The molecule has 2 aliphatic heterocycles. The lowest BCUT2D eigenvalue weighted by Gasteiger charge is -2.32. The predicted molar refractivity (Wildman–Crippen MR) is 66.8 cm³/mol. The first-order valence-corrected chi connectivity index (χ1v) is 6.93. The van der Waals surface area contributed by atoms with Crippen molar-refractivity contribution in [1.82, 2.24) is 0 Å². The third-order valence-electron chi connectivity index (χ3n) is 5.43. The van der Waals surface area contributed by atoms with E-state index >= 15 is 0 Å². The van der Waals surface area contributed by atoms with Crippen LogP contribution < -0.4 is 0 Å². The fourth-order valence-corrected chi connectivity index (χ4v) is 4.17. The van der Waals surface area contributed by atoms with Crippen LogP contribution in [0.25, 0.3) is 0 Å². The maximum Gasteiger partial charge on any atom is 0.309 e. The van der Waals surface area contributed by atoms with Crippen LogP contribution in [0.3, 0.4) is 0 Å². The Morgan fingerprint density at radius 1 is 1.32 bits per heavy atom. The number of ether oxygens (including phenoxy) is 1. The van der Waals surface area contributed by atoms with Crippen LogP contribution in [-0.2, 0) is 19.3 Å². The topological polar surface area (TPSA) is 44.8 Å². The van der Waals surface area contributed by atoms with Crippen molar-refractivity contribution < 1.29 is 19.3 Å². The summed E-state index contributed by atoms with van der Waals surface area (Å²) in [6.45, 7) is 6.04. The summed E-state index contributed by atoms with van der Waals surface area (Å²) >= 11 is 0. The lowest BCUT2D eigenvalue weighted by molar-refractivity contribution is -0.328. The maximum absolute atomic E-state index is 11.9. The first-order chi connectivity index (χ1) is 8.98. The first-order valence-electron chi connectivity index (χ1n) is 6.93. The zero-order valence-electron chi connectivity index (χ0n) is 11.4. The molecule has 0 spiro atoms. The third kappa shape index (κ3) is 1.20. The van der Waals surface area contributed by atoms with Crippen molar-refractivity contribution in [2.75, 3.05) is 0 Å². The Balaban J connectivity index is 1.86. The van der Waals surface area contributed by atoms with Crippen molar-refractivity contribution in [1.29, 1.82) is 0 Å². The van der Waals surface area contributed by atoms with E-state index in [9.17, 15) is 4.79 Å². The van der Waals surface area contributed by atoms with Gasteiger partial charge in [0.05, 0.1) is 11.8 Å². The number of carbonyl (C=O) groups is 1. The summed E-state index contributed by atoms with van der Waals surface area (Å²) in [6.07, 6.45) is 7.05. The highest BCUT2D eigenvalue weighted by atomic mass is 17.2. The van der Waals surface area contributed by atoms with Gasteiger partial charge in [0.2, 0.25) is 0 Å². The number of carbonyl (C=O) groups excluding carboxylic acids is 1. The standard InChI is InChI=1S/C15H18O4/c1-8-4-5-10-9(2)13(16)17-11(10)12-14(3)6-7-15(8,12)19-18-14/h4,6-7,9-12H,5H2,1-3H3. The SMILES string of the molecule is CC1=CCC2C(C)C(=O)OC2C2C3(C)C=CC12OO3. The van der Waals surface area contributed by atoms with Gasteiger partial charge < -0.3 is 4.74 Å². The number of hydrogen-bond donors (Lipinski definition) is 0. The molecule has 102 valence electrons. The fourth-order valence-electron chi connectivity index (χ4n) is 4.17. The molecule has 0 aromatic heterocycles. The van der Waals surface area contributed by atoms with E-state index in [-0.39, 0.29) is 29.8 Å². The molecule has 0 saturated carbocycles. The van der Waals surface area contributed by atoms with Gasteiger partial charge in [-0.25, -0.2) is 9.78 Å². The summed E-state index contributed by atoms with van der Waals surface area (Å²) in [6, 6.07) is 0. The molecule has 4 heteroatoms. The molecule has 0 radical (unpaired) electrons. The molecule has 0 aromatic carbocycles. The van der Waals surface area contributed by atoms with Crippen LogP contribution in [0.2, 0.25) is 0 Å². The second kappa shape index (κ2) is 3.30. The molecule has 0 amide bonds. The van der Waals surface area contributed by atoms with Gasteiger partial charge in [0.15, 0.2) is 5.60 Å². The molecule has 4 aliphatic rings. The molecule has 2 aliphatic carbocycles. The number of rotatable bonds is 0. The van der Waals surface area contributed by atoms with E-state index in [1.54, 1.807) is 0 Å². The molecule has 2 saturated heterocycles. The zero-order valence-corrected chi connectivity index (χ0v) is 11.4. The van der Waals surface area contributed by atoms with Gasteiger partial charge in [-0.15, -0.1) is 0 Å². The quantitative estimate of drug-likeness (QED) is 0.381. The highest BCUT2D eigenvalue weighted by molar-refractivity contribution is 5.75. The second-order valence-electron chi connectivity index (χ2n) is 6.43. The predicted octanol–water partition coefficient (Wildman–Crippen LogP) is 2.16. The van der Waals surface area contributed by atoms with E-state index in [1.165, 1.54) is 0 Å². The molecule has 6 unspecified atom stereocenters. The highest BCUT2D eigenvalue weighted by Gasteiger charge is 2.68. The zero-order chi connectivity index (χ0) is 13.4.